The normalized spacial score (nSPS) is 23.0. The van der Waals surface area contributed by atoms with Crippen LogP contribution in [0.25, 0.3) is 0 Å². The van der Waals surface area contributed by atoms with Crippen LogP contribution in [0.5, 0.6) is 5.75 Å². The number of anilines is 1. The van der Waals surface area contributed by atoms with Gasteiger partial charge in [-0.3, -0.25) is 4.79 Å². The van der Waals surface area contributed by atoms with Gasteiger partial charge in [0.1, 0.15) is 5.75 Å². The Morgan fingerprint density at radius 1 is 1.28 bits per heavy atom. The number of rotatable bonds is 7. The molecule has 1 aromatic carbocycles. The van der Waals surface area contributed by atoms with E-state index in [2.05, 4.69) is 24.0 Å². The third-order valence-electron chi connectivity index (χ3n) is 6.26. The van der Waals surface area contributed by atoms with Crippen LogP contribution in [0.2, 0.25) is 0 Å². The van der Waals surface area contributed by atoms with Gasteiger partial charge in [-0.1, -0.05) is 6.92 Å². The van der Waals surface area contributed by atoms with Crippen LogP contribution in [0.3, 0.4) is 0 Å². The van der Waals surface area contributed by atoms with Crippen LogP contribution in [0.15, 0.2) is 24.3 Å². The monoisotopic (exact) mass is 424 g/mol. The lowest BCUT2D eigenvalue weighted by molar-refractivity contribution is -0.892. The number of carbonyl (C=O) groups is 1. The molecule has 0 bridgehead atoms. The topological polar surface area (TPSA) is 71.4 Å². The quantitative estimate of drug-likeness (QED) is 0.678. The molecule has 2 atom stereocenters. The van der Waals surface area contributed by atoms with Crippen molar-refractivity contribution in [3.05, 3.63) is 24.3 Å². The minimum absolute atomic E-state index is 0.0702. The van der Waals surface area contributed by atoms with E-state index in [1.165, 1.54) is 10.6 Å². The Kier molecular flexibility index (Phi) is 7.05. The maximum atomic E-state index is 13.1. The summed E-state index contributed by atoms with van der Waals surface area (Å²) in [6.07, 6.45) is 1.40. The molecule has 3 rings (SSSR count). The standard InChI is InChI=1S/C21H33N3O4S/c1-4-17(2)24(19-9-14-29(26,27)16-19)21(25)15-22-10-12-23(13-11-22)18-5-7-20(28-3)8-6-18/h5-8,17,19H,4,9-16H2,1-3H3/p+1/t17-,19-/m1/s1. The van der Waals surface area contributed by atoms with Crippen LogP contribution in [-0.4, -0.2) is 82.6 Å². The van der Waals surface area contributed by atoms with Crippen molar-refractivity contribution < 1.29 is 22.8 Å². The Morgan fingerprint density at radius 2 is 1.93 bits per heavy atom. The van der Waals surface area contributed by atoms with Crippen LogP contribution in [0.1, 0.15) is 26.7 Å². The van der Waals surface area contributed by atoms with Gasteiger partial charge in [0.2, 0.25) is 0 Å². The van der Waals surface area contributed by atoms with Gasteiger partial charge in [0.05, 0.1) is 44.8 Å². The van der Waals surface area contributed by atoms with Crippen molar-refractivity contribution in [2.24, 2.45) is 0 Å². The molecule has 0 unspecified atom stereocenters. The van der Waals surface area contributed by atoms with Gasteiger partial charge in [-0.25, -0.2) is 8.42 Å². The lowest BCUT2D eigenvalue weighted by Gasteiger charge is -2.37. The Balaban J connectivity index is 1.57. The molecular weight excluding hydrogens is 390 g/mol. The van der Waals surface area contributed by atoms with Gasteiger partial charge in [-0.05, 0) is 44.0 Å². The first-order valence-corrected chi connectivity index (χ1v) is 12.4. The molecule has 1 N–H and O–H groups in total. The Bertz CT molecular complexity index is 789. The summed E-state index contributed by atoms with van der Waals surface area (Å²) in [5.41, 5.74) is 1.17. The first-order chi connectivity index (χ1) is 13.8. The second-order valence-electron chi connectivity index (χ2n) is 8.23. The van der Waals surface area contributed by atoms with Gasteiger partial charge in [0.15, 0.2) is 16.4 Å². The number of nitrogens with one attached hydrogen (secondary N) is 1. The number of piperazine rings is 1. The van der Waals surface area contributed by atoms with Gasteiger partial charge in [-0.2, -0.15) is 0 Å². The highest BCUT2D eigenvalue weighted by atomic mass is 32.2. The van der Waals surface area contributed by atoms with E-state index in [0.717, 1.165) is 38.3 Å². The molecule has 0 saturated carbocycles. The van der Waals surface area contributed by atoms with Gasteiger partial charge in [-0.15, -0.1) is 0 Å². The molecule has 0 spiro atoms. The summed E-state index contributed by atoms with van der Waals surface area (Å²) in [6.45, 7) is 8.11. The van der Waals surface area contributed by atoms with Crippen molar-refractivity contribution in [1.29, 1.82) is 0 Å². The smallest absolute Gasteiger partial charge is 0.278 e. The molecule has 1 amide bonds. The van der Waals surface area contributed by atoms with Crippen molar-refractivity contribution in [2.75, 3.05) is 56.2 Å². The molecule has 8 heteroatoms. The maximum absolute atomic E-state index is 13.1. The molecule has 2 aliphatic heterocycles. The van der Waals surface area contributed by atoms with Crippen LogP contribution >= 0.6 is 0 Å². The second kappa shape index (κ2) is 9.34. The highest BCUT2D eigenvalue weighted by Crippen LogP contribution is 2.21. The fraction of sp³-hybridized carbons (Fsp3) is 0.667. The van der Waals surface area contributed by atoms with Crippen molar-refractivity contribution >= 4 is 21.4 Å². The molecule has 0 aliphatic carbocycles. The van der Waals surface area contributed by atoms with Gasteiger partial charge in [0, 0.05) is 17.8 Å². The van der Waals surface area contributed by atoms with Gasteiger partial charge < -0.3 is 19.4 Å². The molecule has 29 heavy (non-hydrogen) atoms. The van der Waals surface area contributed by atoms with Crippen LogP contribution in [0, 0.1) is 0 Å². The number of ether oxygens (including phenoxy) is 1. The van der Waals surface area contributed by atoms with Gasteiger partial charge >= 0.3 is 0 Å². The molecule has 7 nitrogen and oxygen atoms in total. The summed E-state index contributed by atoms with van der Waals surface area (Å²) in [5, 5.41) is 0. The number of benzene rings is 1. The van der Waals surface area contributed by atoms with E-state index in [4.69, 9.17) is 4.74 Å². The molecular formula is C21H34N3O4S+. The summed E-state index contributed by atoms with van der Waals surface area (Å²) in [5.74, 6) is 1.26. The average Bonchev–Trinajstić information content (AvgIpc) is 3.07. The predicted molar refractivity (Wildman–Crippen MR) is 114 cm³/mol. The van der Waals surface area contributed by atoms with E-state index < -0.39 is 9.84 Å². The van der Waals surface area contributed by atoms with Gasteiger partial charge in [0.25, 0.3) is 5.91 Å². The molecule has 2 saturated heterocycles. The van der Waals surface area contributed by atoms with Crippen LogP contribution in [-0.2, 0) is 14.6 Å². The fourth-order valence-electron chi connectivity index (χ4n) is 4.36. The van der Waals surface area contributed by atoms with E-state index in [1.807, 2.05) is 24.0 Å². The molecule has 2 aliphatic rings. The van der Waals surface area contributed by atoms with Crippen molar-refractivity contribution in [1.82, 2.24) is 4.90 Å². The first-order valence-electron chi connectivity index (χ1n) is 10.6. The highest BCUT2D eigenvalue weighted by Gasteiger charge is 2.37. The van der Waals surface area contributed by atoms with Crippen LogP contribution < -0.4 is 14.5 Å². The summed E-state index contributed by atoms with van der Waals surface area (Å²) in [6, 6.07) is 7.98. The third kappa shape index (κ3) is 5.42. The van der Waals surface area contributed by atoms with E-state index in [0.29, 0.717) is 13.0 Å². The number of quaternary nitrogens is 1. The summed E-state index contributed by atoms with van der Waals surface area (Å²) >= 11 is 0. The number of amides is 1. The lowest BCUT2D eigenvalue weighted by atomic mass is 10.1. The molecule has 162 valence electrons. The lowest BCUT2D eigenvalue weighted by Crippen LogP contribution is -3.16. The zero-order valence-electron chi connectivity index (χ0n) is 17.8. The summed E-state index contributed by atoms with van der Waals surface area (Å²) < 4.78 is 29.1. The number of hydrogen-bond acceptors (Lipinski definition) is 5. The van der Waals surface area contributed by atoms with E-state index in [1.54, 1.807) is 7.11 Å². The molecule has 0 aromatic heterocycles. The largest absolute Gasteiger partial charge is 0.497 e. The minimum atomic E-state index is -3.01. The van der Waals surface area contributed by atoms with E-state index in [9.17, 15) is 13.2 Å². The first kappa shape index (κ1) is 21.9. The Morgan fingerprint density at radius 3 is 2.45 bits per heavy atom. The van der Waals surface area contributed by atoms with Crippen molar-refractivity contribution in [3.8, 4) is 5.75 Å². The highest BCUT2D eigenvalue weighted by molar-refractivity contribution is 7.91. The maximum Gasteiger partial charge on any atom is 0.278 e. The number of nitrogens with zero attached hydrogens (tertiary/aromatic N) is 2. The third-order valence-corrected chi connectivity index (χ3v) is 8.02. The number of hydrogen-bond donors (Lipinski definition) is 1. The minimum Gasteiger partial charge on any atom is -0.497 e. The predicted octanol–water partition coefficient (Wildman–Crippen LogP) is 0.214. The summed E-state index contributed by atoms with van der Waals surface area (Å²) in [4.78, 5) is 18.6. The van der Waals surface area contributed by atoms with Crippen LogP contribution in [0.4, 0.5) is 5.69 Å². The zero-order valence-corrected chi connectivity index (χ0v) is 18.6. The molecule has 1 aromatic rings. The van der Waals surface area contributed by atoms with E-state index in [-0.39, 0.29) is 29.5 Å². The Labute approximate surface area is 174 Å². The summed E-state index contributed by atoms with van der Waals surface area (Å²) in [7, 11) is -1.34. The zero-order chi connectivity index (χ0) is 21.0. The SMILES string of the molecule is CC[C@@H](C)N(C(=O)C[NH+]1CCN(c2ccc(OC)cc2)CC1)[C@@H]1CCS(=O)(=O)C1. The molecule has 2 fully saturated rings. The molecule has 2 heterocycles. The van der Waals surface area contributed by atoms with E-state index >= 15 is 0 Å². The fourth-order valence-corrected chi connectivity index (χ4v) is 6.07. The number of carbonyl (C=O) groups excluding carboxylic acids is 1. The Hall–Kier alpha value is -1.80. The van der Waals surface area contributed by atoms with Crippen molar-refractivity contribution in [3.63, 3.8) is 0 Å². The number of methoxy groups -OCH3 is 1. The second-order valence-corrected chi connectivity index (χ2v) is 10.5. The number of sulfone groups is 1. The van der Waals surface area contributed by atoms with Crippen molar-refractivity contribution in [2.45, 2.75) is 38.8 Å². The average molecular weight is 425 g/mol. The molecule has 0 radical (unpaired) electrons.